The summed E-state index contributed by atoms with van der Waals surface area (Å²) < 4.78 is 1.76. The zero-order valence-electron chi connectivity index (χ0n) is 9.45. The summed E-state index contributed by atoms with van der Waals surface area (Å²) in [5.74, 6) is 0. The summed E-state index contributed by atoms with van der Waals surface area (Å²) in [6.07, 6.45) is 1.89. The molecule has 0 aliphatic rings. The average Bonchev–Trinajstić information content (AvgIpc) is 2.75. The molecule has 0 bridgehead atoms. The van der Waals surface area contributed by atoms with Crippen LogP contribution in [0, 0.1) is 0 Å². The van der Waals surface area contributed by atoms with E-state index in [1.807, 2.05) is 18.3 Å². The van der Waals surface area contributed by atoms with E-state index in [1.54, 1.807) is 16.8 Å². The normalized spacial score (nSPS) is 10.8. The molecule has 0 saturated carbocycles. The minimum Gasteiger partial charge on any atom is -0.311 e. The number of hydrogen-bond donors (Lipinski definition) is 1. The molecule has 0 fully saturated rings. The number of rotatable bonds is 4. The third-order valence-electron chi connectivity index (χ3n) is 2.36. The first-order chi connectivity index (χ1) is 8.20. The van der Waals surface area contributed by atoms with Crippen LogP contribution in [0.5, 0.6) is 0 Å². The summed E-state index contributed by atoms with van der Waals surface area (Å²) in [7, 11) is 0. The lowest BCUT2D eigenvalue weighted by molar-refractivity contribution is 0.696. The van der Waals surface area contributed by atoms with Crippen LogP contribution >= 0.6 is 23.2 Å². The fraction of sp³-hybridized carbons (Fsp3) is 0.250. The summed E-state index contributed by atoms with van der Waals surface area (Å²) in [5, 5.41) is 8.88. The molecule has 2 rings (SSSR count). The smallest absolute Gasteiger partial charge is 0.0832 e. The van der Waals surface area contributed by atoms with Crippen LogP contribution in [0.2, 0.25) is 10.0 Å². The standard InChI is InChI=1S/C12H13Cl2N3/c1-2-15-8-10-5-6-17(16-10)12-4-3-9(13)7-11(12)14/h3-7,15H,2,8H2,1H3. The Morgan fingerprint density at radius 2 is 2.12 bits per heavy atom. The summed E-state index contributed by atoms with van der Waals surface area (Å²) in [4.78, 5) is 0. The predicted molar refractivity (Wildman–Crippen MR) is 71.0 cm³/mol. The van der Waals surface area contributed by atoms with Gasteiger partial charge in [0.05, 0.1) is 16.4 Å². The van der Waals surface area contributed by atoms with Gasteiger partial charge in [-0.15, -0.1) is 0 Å². The highest BCUT2D eigenvalue weighted by Crippen LogP contribution is 2.23. The van der Waals surface area contributed by atoms with E-state index in [2.05, 4.69) is 17.3 Å². The molecule has 1 aromatic heterocycles. The summed E-state index contributed by atoms with van der Waals surface area (Å²) >= 11 is 12.0. The van der Waals surface area contributed by atoms with E-state index in [4.69, 9.17) is 23.2 Å². The van der Waals surface area contributed by atoms with Crippen molar-refractivity contribution >= 4 is 23.2 Å². The van der Waals surface area contributed by atoms with Gasteiger partial charge in [-0.3, -0.25) is 0 Å². The molecule has 5 heteroatoms. The number of aromatic nitrogens is 2. The van der Waals surface area contributed by atoms with Gasteiger partial charge in [-0.1, -0.05) is 30.1 Å². The minimum absolute atomic E-state index is 0.593. The molecule has 3 nitrogen and oxygen atoms in total. The van der Waals surface area contributed by atoms with Gasteiger partial charge in [0.15, 0.2) is 0 Å². The molecule has 2 aromatic rings. The topological polar surface area (TPSA) is 29.9 Å². The Morgan fingerprint density at radius 3 is 2.82 bits per heavy atom. The Hall–Kier alpha value is -1.03. The maximum absolute atomic E-state index is 6.12. The molecular formula is C12H13Cl2N3. The highest BCUT2D eigenvalue weighted by atomic mass is 35.5. The molecule has 17 heavy (non-hydrogen) atoms. The highest BCUT2D eigenvalue weighted by molar-refractivity contribution is 6.35. The highest BCUT2D eigenvalue weighted by Gasteiger charge is 2.05. The zero-order valence-corrected chi connectivity index (χ0v) is 11.0. The Labute approximate surface area is 110 Å². The van der Waals surface area contributed by atoms with Crippen molar-refractivity contribution in [2.45, 2.75) is 13.5 Å². The van der Waals surface area contributed by atoms with Crippen molar-refractivity contribution < 1.29 is 0 Å². The largest absolute Gasteiger partial charge is 0.311 e. The zero-order chi connectivity index (χ0) is 12.3. The van der Waals surface area contributed by atoms with Crippen molar-refractivity contribution in [3.8, 4) is 5.69 Å². The fourth-order valence-corrected chi connectivity index (χ4v) is 2.01. The molecule has 0 aliphatic carbocycles. The van der Waals surface area contributed by atoms with Crippen LogP contribution < -0.4 is 5.32 Å². The van der Waals surface area contributed by atoms with Crippen LogP contribution in [0.3, 0.4) is 0 Å². The molecule has 0 radical (unpaired) electrons. The van der Waals surface area contributed by atoms with Gasteiger partial charge in [0.2, 0.25) is 0 Å². The van der Waals surface area contributed by atoms with Crippen molar-refractivity contribution in [3.05, 3.63) is 46.2 Å². The lowest BCUT2D eigenvalue weighted by Gasteiger charge is -2.04. The molecule has 1 heterocycles. The van der Waals surface area contributed by atoms with Gasteiger partial charge in [0.1, 0.15) is 0 Å². The Kier molecular flexibility index (Phi) is 4.05. The number of hydrogen-bond acceptors (Lipinski definition) is 2. The Bertz CT molecular complexity index is 508. The maximum atomic E-state index is 6.12. The number of nitrogens with zero attached hydrogens (tertiary/aromatic N) is 2. The first-order valence-electron chi connectivity index (χ1n) is 5.41. The van der Waals surface area contributed by atoms with E-state index >= 15 is 0 Å². The quantitative estimate of drug-likeness (QED) is 0.923. The maximum Gasteiger partial charge on any atom is 0.0832 e. The average molecular weight is 270 g/mol. The second-order valence-electron chi connectivity index (χ2n) is 3.63. The molecule has 0 amide bonds. The molecule has 0 unspecified atom stereocenters. The predicted octanol–water partition coefficient (Wildman–Crippen LogP) is 3.29. The Morgan fingerprint density at radius 1 is 1.29 bits per heavy atom. The van der Waals surface area contributed by atoms with Gasteiger partial charge in [0, 0.05) is 17.8 Å². The van der Waals surface area contributed by atoms with E-state index in [-0.39, 0.29) is 0 Å². The summed E-state index contributed by atoms with van der Waals surface area (Å²) in [5.41, 5.74) is 1.82. The summed E-state index contributed by atoms with van der Waals surface area (Å²) in [6, 6.07) is 7.33. The van der Waals surface area contributed by atoms with Crippen molar-refractivity contribution in [3.63, 3.8) is 0 Å². The van der Waals surface area contributed by atoms with Crippen LogP contribution in [-0.2, 0) is 6.54 Å². The van der Waals surface area contributed by atoms with Gasteiger partial charge in [0.25, 0.3) is 0 Å². The monoisotopic (exact) mass is 269 g/mol. The van der Waals surface area contributed by atoms with Gasteiger partial charge in [-0.25, -0.2) is 4.68 Å². The first kappa shape index (κ1) is 12.4. The number of nitrogens with one attached hydrogen (secondary N) is 1. The van der Waals surface area contributed by atoms with E-state index in [0.29, 0.717) is 10.0 Å². The molecule has 1 N–H and O–H groups in total. The van der Waals surface area contributed by atoms with Crippen LogP contribution in [0.15, 0.2) is 30.5 Å². The lowest BCUT2D eigenvalue weighted by atomic mass is 10.3. The number of benzene rings is 1. The van der Waals surface area contributed by atoms with E-state index in [0.717, 1.165) is 24.5 Å². The van der Waals surface area contributed by atoms with Crippen molar-refractivity contribution in [1.82, 2.24) is 15.1 Å². The van der Waals surface area contributed by atoms with Gasteiger partial charge in [-0.2, -0.15) is 5.10 Å². The van der Waals surface area contributed by atoms with E-state index in [9.17, 15) is 0 Å². The van der Waals surface area contributed by atoms with Gasteiger partial charge < -0.3 is 5.32 Å². The summed E-state index contributed by atoms with van der Waals surface area (Å²) in [6.45, 7) is 3.75. The van der Waals surface area contributed by atoms with Crippen LogP contribution in [0.1, 0.15) is 12.6 Å². The van der Waals surface area contributed by atoms with Gasteiger partial charge in [-0.05, 0) is 30.8 Å². The SMILES string of the molecule is CCNCc1ccn(-c2ccc(Cl)cc2Cl)n1. The molecule has 90 valence electrons. The molecular weight excluding hydrogens is 257 g/mol. The molecule has 0 aliphatic heterocycles. The third kappa shape index (κ3) is 3.00. The van der Waals surface area contributed by atoms with Crippen LogP contribution in [0.4, 0.5) is 0 Å². The minimum atomic E-state index is 0.593. The lowest BCUT2D eigenvalue weighted by Crippen LogP contribution is -2.12. The second kappa shape index (κ2) is 5.54. The third-order valence-corrected chi connectivity index (χ3v) is 2.89. The van der Waals surface area contributed by atoms with E-state index in [1.165, 1.54) is 0 Å². The van der Waals surface area contributed by atoms with Crippen molar-refractivity contribution in [1.29, 1.82) is 0 Å². The molecule has 0 saturated heterocycles. The number of halogens is 2. The van der Waals surface area contributed by atoms with Crippen molar-refractivity contribution in [2.24, 2.45) is 0 Å². The van der Waals surface area contributed by atoms with Gasteiger partial charge >= 0.3 is 0 Å². The fourth-order valence-electron chi connectivity index (χ4n) is 1.51. The first-order valence-corrected chi connectivity index (χ1v) is 6.17. The Balaban J connectivity index is 2.24. The molecule has 0 atom stereocenters. The van der Waals surface area contributed by atoms with Crippen LogP contribution in [-0.4, -0.2) is 16.3 Å². The molecule has 0 spiro atoms. The molecule has 1 aromatic carbocycles. The van der Waals surface area contributed by atoms with E-state index < -0.39 is 0 Å². The van der Waals surface area contributed by atoms with Crippen molar-refractivity contribution in [2.75, 3.05) is 6.54 Å². The second-order valence-corrected chi connectivity index (χ2v) is 4.47. The van der Waals surface area contributed by atoms with Crippen LogP contribution in [0.25, 0.3) is 5.69 Å².